The van der Waals surface area contributed by atoms with Crippen LogP contribution in [0.15, 0.2) is 144 Å². The molecule has 3 heterocycles. The van der Waals surface area contributed by atoms with E-state index in [1.54, 1.807) is 0 Å². The van der Waals surface area contributed by atoms with Gasteiger partial charge in [0.25, 0.3) is 6.71 Å². The Morgan fingerprint density at radius 2 is 0.919 bits per heavy atom. The first-order valence-corrected chi connectivity index (χ1v) is 22.5. The Balaban J connectivity index is 1.26. The minimum absolute atomic E-state index is 0.0152. The second-order valence-corrected chi connectivity index (χ2v) is 21.9. The fourth-order valence-electron chi connectivity index (χ4n) is 10.1. The van der Waals surface area contributed by atoms with E-state index in [2.05, 4.69) is 232 Å². The summed E-state index contributed by atoms with van der Waals surface area (Å²) in [6, 6.07) is 53.0. The number of anilines is 6. The minimum atomic E-state index is -0.113. The van der Waals surface area contributed by atoms with Crippen LogP contribution in [0.2, 0.25) is 0 Å². The molecule has 0 aliphatic carbocycles. The zero-order valence-corrected chi connectivity index (χ0v) is 38.7. The normalized spacial score (nSPS) is 14.0. The smallest absolute Gasteiger partial charge is 0.252 e. The Labute approximate surface area is 369 Å². The predicted molar refractivity (Wildman–Crippen MR) is 268 cm³/mol. The van der Waals surface area contributed by atoms with E-state index in [9.17, 15) is 0 Å². The molecule has 0 spiro atoms. The second-order valence-electron chi connectivity index (χ2n) is 21.9. The number of rotatable bonds is 3. The van der Waals surface area contributed by atoms with Crippen LogP contribution in [-0.2, 0) is 21.7 Å². The highest BCUT2D eigenvalue weighted by Gasteiger charge is 2.44. The van der Waals surface area contributed by atoms with Gasteiger partial charge in [-0.2, -0.15) is 0 Å². The summed E-state index contributed by atoms with van der Waals surface area (Å²) in [5.74, 6) is 0. The summed E-state index contributed by atoms with van der Waals surface area (Å²) in [6.07, 6.45) is 0. The highest BCUT2D eigenvalue weighted by Crippen LogP contribution is 2.48. The molecule has 310 valence electrons. The number of para-hydroxylation sites is 2. The van der Waals surface area contributed by atoms with Crippen molar-refractivity contribution < 1.29 is 4.42 Å². The average Bonchev–Trinajstić information content (AvgIpc) is 3.61. The third-order valence-electron chi connectivity index (χ3n) is 13.5. The molecule has 0 saturated heterocycles. The summed E-state index contributed by atoms with van der Waals surface area (Å²) in [5, 5.41) is 2.29. The van der Waals surface area contributed by atoms with Gasteiger partial charge in [-0.3, -0.25) is 0 Å². The van der Waals surface area contributed by atoms with E-state index in [0.717, 1.165) is 33.2 Å². The lowest BCUT2D eigenvalue weighted by molar-refractivity contribution is 0.590. The first-order valence-electron chi connectivity index (χ1n) is 22.5. The molecule has 0 radical (unpaired) electrons. The van der Waals surface area contributed by atoms with Crippen molar-refractivity contribution in [3.63, 3.8) is 0 Å². The van der Waals surface area contributed by atoms with Gasteiger partial charge in [0, 0.05) is 50.5 Å². The van der Waals surface area contributed by atoms with Gasteiger partial charge in [-0.1, -0.05) is 168 Å². The van der Waals surface area contributed by atoms with E-state index in [1.807, 2.05) is 0 Å². The van der Waals surface area contributed by atoms with Crippen molar-refractivity contribution in [1.82, 2.24) is 0 Å². The summed E-state index contributed by atoms with van der Waals surface area (Å²) in [4.78, 5) is 5.07. The molecule has 0 amide bonds. The van der Waals surface area contributed by atoms with Crippen molar-refractivity contribution in [1.29, 1.82) is 0 Å². The Morgan fingerprint density at radius 1 is 0.403 bits per heavy atom. The zero-order chi connectivity index (χ0) is 43.7. The molecule has 62 heavy (non-hydrogen) atoms. The van der Waals surface area contributed by atoms with Crippen molar-refractivity contribution in [2.24, 2.45) is 0 Å². The maximum atomic E-state index is 6.73. The van der Waals surface area contributed by atoms with Crippen LogP contribution in [0.4, 0.5) is 34.1 Å². The molecule has 0 atom stereocenters. The van der Waals surface area contributed by atoms with E-state index >= 15 is 0 Å². The summed E-state index contributed by atoms with van der Waals surface area (Å²) < 4.78 is 6.73. The molecule has 0 saturated carbocycles. The monoisotopic (exact) mass is 810 g/mol. The summed E-state index contributed by atoms with van der Waals surface area (Å²) in [6.45, 7) is 27.9. The lowest BCUT2D eigenvalue weighted by atomic mass is 9.33. The van der Waals surface area contributed by atoms with Crippen LogP contribution in [0.3, 0.4) is 0 Å². The van der Waals surface area contributed by atoms with E-state index in [1.165, 1.54) is 72.6 Å². The van der Waals surface area contributed by atoms with Gasteiger partial charge in [0.1, 0.15) is 11.2 Å². The van der Waals surface area contributed by atoms with Crippen molar-refractivity contribution >= 4 is 79.2 Å². The van der Waals surface area contributed by atoms with Crippen molar-refractivity contribution in [3.05, 3.63) is 162 Å². The van der Waals surface area contributed by atoms with E-state index < -0.39 is 0 Å². The highest BCUT2D eigenvalue weighted by molar-refractivity contribution is 7.00. The second kappa shape index (κ2) is 13.8. The fraction of sp³-hybridized carbons (Fsp3) is 0.276. The molecule has 0 fully saturated rings. The Bertz CT molecular complexity index is 3070. The summed E-state index contributed by atoms with van der Waals surface area (Å²) in [7, 11) is 0. The lowest BCUT2D eigenvalue weighted by Crippen LogP contribution is -2.61. The van der Waals surface area contributed by atoms with Crippen LogP contribution in [0.5, 0.6) is 0 Å². The topological polar surface area (TPSA) is 19.6 Å². The Hall–Kier alpha value is -6.00. The van der Waals surface area contributed by atoms with Gasteiger partial charge in [0.05, 0.1) is 0 Å². The van der Waals surface area contributed by atoms with Gasteiger partial charge >= 0.3 is 0 Å². The molecule has 10 rings (SSSR count). The van der Waals surface area contributed by atoms with Crippen LogP contribution >= 0.6 is 0 Å². The summed E-state index contributed by atoms with van der Waals surface area (Å²) in [5.41, 5.74) is 20.6. The van der Waals surface area contributed by atoms with Crippen molar-refractivity contribution in [2.75, 3.05) is 9.80 Å². The number of furan rings is 1. The molecule has 1 aromatic heterocycles. The average molecular weight is 811 g/mol. The number of hydrogen-bond acceptors (Lipinski definition) is 3. The molecule has 7 aromatic carbocycles. The van der Waals surface area contributed by atoms with Gasteiger partial charge in [-0.25, -0.2) is 0 Å². The van der Waals surface area contributed by atoms with Crippen molar-refractivity contribution in [2.45, 2.75) is 105 Å². The van der Waals surface area contributed by atoms with Gasteiger partial charge < -0.3 is 14.2 Å². The van der Waals surface area contributed by atoms with Crippen LogP contribution in [0, 0.1) is 0 Å². The third kappa shape index (κ3) is 6.40. The van der Waals surface area contributed by atoms with Crippen LogP contribution < -0.4 is 26.2 Å². The summed E-state index contributed by atoms with van der Waals surface area (Å²) >= 11 is 0. The van der Waals surface area contributed by atoms with Gasteiger partial charge in [-0.05, 0) is 120 Å². The van der Waals surface area contributed by atoms with E-state index in [-0.39, 0.29) is 28.4 Å². The quantitative estimate of drug-likeness (QED) is 0.166. The third-order valence-corrected chi connectivity index (χ3v) is 13.5. The molecule has 0 N–H and O–H groups in total. The number of fused-ring (bicyclic) bond motifs is 7. The molecule has 8 aromatic rings. The number of hydrogen-bond donors (Lipinski definition) is 0. The molecule has 2 aliphatic rings. The van der Waals surface area contributed by atoms with Gasteiger partial charge in [0.15, 0.2) is 0 Å². The maximum absolute atomic E-state index is 6.73. The highest BCUT2D eigenvalue weighted by atomic mass is 16.3. The largest absolute Gasteiger partial charge is 0.455 e. The predicted octanol–water partition coefficient (Wildman–Crippen LogP) is 14.5. The van der Waals surface area contributed by atoms with E-state index in [0.29, 0.717) is 0 Å². The first-order chi connectivity index (χ1) is 29.3. The van der Waals surface area contributed by atoms with Crippen LogP contribution in [0.1, 0.15) is 105 Å². The molecule has 3 nitrogen and oxygen atoms in total. The minimum Gasteiger partial charge on any atom is -0.455 e. The van der Waals surface area contributed by atoms with Crippen molar-refractivity contribution in [3.8, 4) is 11.1 Å². The number of benzene rings is 7. The molecular weight excluding hydrogens is 751 g/mol. The molecule has 0 unspecified atom stereocenters. The zero-order valence-electron chi connectivity index (χ0n) is 38.7. The van der Waals surface area contributed by atoms with Gasteiger partial charge in [-0.15, -0.1) is 0 Å². The lowest BCUT2D eigenvalue weighted by Gasteiger charge is -2.45. The number of nitrogens with zero attached hydrogens (tertiary/aromatic N) is 2. The standard InChI is InChI=1S/C58H59BN2O/c1-55(2,3)36-23-27-39(28-24-36)60-48-31-25-37(56(4,5)6)33-46(48)59-47-34-38(57(7,8)9)26-32-49(47)61(51-21-16-20-50(60)53(51)59)40-29-30-45(58(10,11)12)44(35-40)43-19-15-18-42-41-17-13-14-22-52(41)62-54(42)43/h13-35H,1-12H3. The fourth-order valence-corrected chi connectivity index (χ4v) is 10.1. The first kappa shape index (κ1) is 40.1. The maximum Gasteiger partial charge on any atom is 0.252 e. The van der Waals surface area contributed by atoms with E-state index in [4.69, 9.17) is 4.42 Å². The van der Waals surface area contributed by atoms with Gasteiger partial charge in [0.2, 0.25) is 0 Å². The molecule has 0 bridgehead atoms. The Morgan fingerprint density at radius 3 is 1.50 bits per heavy atom. The molecular formula is C58H59BN2O. The molecule has 2 aliphatic heterocycles. The Kier molecular flexibility index (Phi) is 8.89. The molecule has 4 heteroatoms. The van der Waals surface area contributed by atoms with Crippen LogP contribution in [-0.4, -0.2) is 6.71 Å². The SMILES string of the molecule is CC(C)(C)c1ccc(N2c3ccc(C(C)(C)C)cc3B3c4cc(C(C)(C)C)ccc4N(c4ccc(C(C)(C)C)c(-c5cccc6c5oc5ccccc56)c4)c4cccc2c43)cc1. The van der Waals surface area contributed by atoms with Crippen LogP contribution in [0.25, 0.3) is 33.1 Å².